The first kappa shape index (κ1) is 13.6. The van der Waals surface area contributed by atoms with Crippen LogP contribution in [0.3, 0.4) is 0 Å². The van der Waals surface area contributed by atoms with Crippen molar-refractivity contribution in [2.24, 2.45) is 0 Å². The van der Waals surface area contributed by atoms with Crippen LogP contribution in [-0.2, 0) is 6.42 Å². The predicted octanol–water partition coefficient (Wildman–Crippen LogP) is 3.28. The molecule has 0 fully saturated rings. The number of carbonyl (C=O) groups excluding carboxylic acids is 1. The van der Waals surface area contributed by atoms with Gasteiger partial charge in [-0.05, 0) is 48.7 Å². The summed E-state index contributed by atoms with van der Waals surface area (Å²) < 4.78 is 13.2. The average Bonchev–Trinajstić information content (AvgIpc) is 2.94. The van der Waals surface area contributed by atoms with E-state index in [0.717, 1.165) is 24.2 Å². The van der Waals surface area contributed by atoms with E-state index in [4.69, 9.17) is 0 Å². The van der Waals surface area contributed by atoms with Gasteiger partial charge in [0.1, 0.15) is 5.82 Å². The number of hydrogen-bond acceptors (Lipinski definition) is 2. The van der Waals surface area contributed by atoms with Crippen LogP contribution in [-0.4, -0.2) is 12.5 Å². The molecule has 0 radical (unpaired) electrons. The maximum Gasteiger partial charge on any atom is 0.251 e. The Morgan fingerprint density at radius 3 is 2.95 bits per heavy atom. The zero-order valence-electron chi connectivity index (χ0n) is 11.8. The zero-order valence-corrected chi connectivity index (χ0v) is 11.8. The van der Waals surface area contributed by atoms with Gasteiger partial charge in [0, 0.05) is 17.8 Å². The van der Waals surface area contributed by atoms with Gasteiger partial charge in [-0.2, -0.15) is 0 Å². The highest BCUT2D eigenvalue weighted by Crippen LogP contribution is 2.23. The first-order chi connectivity index (χ1) is 10.1. The lowest BCUT2D eigenvalue weighted by Crippen LogP contribution is -2.26. The number of rotatable bonds is 3. The lowest BCUT2D eigenvalue weighted by atomic mass is 10.1. The average molecular weight is 284 g/mol. The van der Waals surface area contributed by atoms with Gasteiger partial charge in [0.15, 0.2) is 0 Å². The number of nitrogens with one attached hydrogen (secondary N) is 2. The first-order valence-electron chi connectivity index (χ1n) is 7.06. The lowest BCUT2D eigenvalue weighted by molar-refractivity contribution is 0.0940. The molecule has 21 heavy (non-hydrogen) atoms. The van der Waals surface area contributed by atoms with Gasteiger partial charge < -0.3 is 10.6 Å². The minimum Gasteiger partial charge on any atom is -0.384 e. The standard InChI is InChI=1S/C17H17FN2O/c1-11(13-3-2-4-15(18)9-13)20-17(21)14-6-5-12-7-8-19-16(12)10-14/h2-6,9-11,19H,7-8H2,1H3,(H,20,21)/t11-/m0/s1. The highest BCUT2D eigenvalue weighted by molar-refractivity contribution is 5.95. The van der Waals surface area contributed by atoms with E-state index in [1.165, 1.54) is 17.7 Å². The first-order valence-corrected chi connectivity index (χ1v) is 7.06. The number of fused-ring (bicyclic) bond motifs is 1. The van der Waals surface area contributed by atoms with E-state index in [9.17, 15) is 9.18 Å². The van der Waals surface area contributed by atoms with Gasteiger partial charge in [0.2, 0.25) is 0 Å². The Kier molecular flexibility index (Phi) is 3.60. The van der Waals surface area contributed by atoms with E-state index in [2.05, 4.69) is 10.6 Å². The highest BCUT2D eigenvalue weighted by Gasteiger charge is 2.15. The summed E-state index contributed by atoms with van der Waals surface area (Å²) in [5.41, 5.74) is 3.64. The number of carbonyl (C=O) groups is 1. The molecule has 1 atom stereocenters. The summed E-state index contributed by atoms with van der Waals surface area (Å²) in [7, 11) is 0. The maximum atomic E-state index is 13.2. The normalized spacial score (nSPS) is 14.2. The van der Waals surface area contributed by atoms with Gasteiger partial charge in [-0.25, -0.2) is 4.39 Å². The van der Waals surface area contributed by atoms with Crippen molar-refractivity contribution in [3.63, 3.8) is 0 Å². The molecule has 0 spiro atoms. The summed E-state index contributed by atoms with van der Waals surface area (Å²) in [6.45, 7) is 2.76. The van der Waals surface area contributed by atoms with E-state index in [1.807, 2.05) is 25.1 Å². The molecule has 3 nitrogen and oxygen atoms in total. The van der Waals surface area contributed by atoms with Crippen molar-refractivity contribution in [1.82, 2.24) is 5.32 Å². The maximum absolute atomic E-state index is 13.2. The molecular formula is C17H17FN2O. The van der Waals surface area contributed by atoms with Crippen LogP contribution in [0.5, 0.6) is 0 Å². The van der Waals surface area contributed by atoms with Crippen LogP contribution in [0, 0.1) is 5.82 Å². The molecule has 4 heteroatoms. The van der Waals surface area contributed by atoms with Gasteiger partial charge >= 0.3 is 0 Å². The molecule has 0 aliphatic carbocycles. The molecule has 1 heterocycles. The van der Waals surface area contributed by atoms with E-state index < -0.39 is 0 Å². The molecule has 0 unspecified atom stereocenters. The molecule has 1 aliphatic rings. The van der Waals surface area contributed by atoms with Crippen molar-refractivity contribution < 1.29 is 9.18 Å². The Morgan fingerprint density at radius 2 is 2.14 bits per heavy atom. The molecule has 0 saturated heterocycles. The quantitative estimate of drug-likeness (QED) is 0.908. The number of hydrogen-bond donors (Lipinski definition) is 2. The molecule has 0 aromatic heterocycles. The molecule has 1 amide bonds. The number of benzene rings is 2. The van der Waals surface area contributed by atoms with Crippen LogP contribution in [0.15, 0.2) is 42.5 Å². The van der Waals surface area contributed by atoms with Gasteiger partial charge in [-0.1, -0.05) is 18.2 Å². The summed E-state index contributed by atoms with van der Waals surface area (Å²) in [6.07, 6.45) is 0.997. The topological polar surface area (TPSA) is 41.1 Å². The minimum atomic E-state index is -0.296. The van der Waals surface area contributed by atoms with Crippen molar-refractivity contribution in [3.8, 4) is 0 Å². The van der Waals surface area contributed by atoms with Crippen LogP contribution in [0.25, 0.3) is 0 Å². The molecule has 2 aromatic rings. The van der Waals surface area contributed by atoms with Gasteiger partial charge in [-0.3, -0.25) is 4.79 Å². The molecule has 2 aromatic carbocycles. The van der Waals surface area contributed by atoms with Crippen molar-refractivity contribution >= 4 is 11.6 Å². The summed E-state index contributed by atoms with van der Waals surface area (Å²) in [5.74, 6) is -0.446. The number of amides is 1. The predicted molar refractivity (Wildman–Crippen MR) is 80.9 cm³/mol. The summed E-state index contributed by atoms with van der Waals surface area (Å²) in [5, 5.41) is 6.16. The number of anilines is 1. The Bertz CT molecular complexity index is 684. The molecule has 2 N–H and O–H groups in total. The number of halogens is 1. The van der Waals surface area contributed by atoms with Crippen LogP contribution < -0.4 is 10.6 Å². The molecule has 3 rings (SSSR count). The van der Waals surface area contributed by atoms with E-state index in [0.29, 0.717) is 5.56 Å². The van der Waals surface area contributed by atoms with E-state index in [1.54, 1.807) is 12.1 Å². The van der Waals surface area contributed by atoms with Gasteiger partial charge in [-0.15, -0.1) is 0 Å². The summed E-state index contributed by atoms with van der Waals surface area (Å²) >= 11 is 0. The molecule has 0 saturated carbocycles. The van der Waals surface area contributed by atoms with E-state index >= 15 is 0 Å². The Hall–Kier alpha value is -2.36. The Balaban J connectivity index is 1.74. The molecule has 0 bridgehead atoms. The third kappa shape index (κ3) is 2.89. The van der Waals surface area contributed by atoms with Crippen molar-refractivity contribution in [2.75, 3.05) is 11.9 Å². The van der Waals surface area contributed by atoms with Crippen molar-refractivity contribution in [1.29, 1.82) is 0 Å². The monoisotopic (exact) mass is 284 g/mol. The van der Waals surface area contributed by atoms with Crippen molar-refractivity contribution in [2.45, 2.75) is 19.4 Å². The molecule has 108 valence electrons. The second-order valence-electron chi connectivity index (χ2n) is 5.30. The van der Waals surface area contributed by atoms with Gasteiger partial charge in [0.25, 0.3) is 5.91 Å². The second kappa shape index (κ2) is 5.56. The van der Waals surface area contributed by atoms with Crippen LogP contribution in [0.2, 0.25) is 0 Å². The van der Waals surface area contributed by atoms with E-state index in [-0.39, 0.29) is 17.8 Å². The molecular weight excluding hydrogens is 267 g/mol. The SMILES string of the molecule is C[C@H](NC(=O)c1ccc2c(c1)NCC2)c1cccc(F)c1. The van der Waals surface area contributed by atoms with Crippen molar-refractivity contribution in [3.05, 3.63) is 65.0 Å². The third-order valence-corrected chi connectivity index (χ3v) is 3.78. The fourth-order valence-electron chi connectivity index (χ4n) is 2.57. The lowest BCUT2D eigenvalue weighted by Gasteiger charge is -2.15. The third-order valence-electron chi connectivity index (χ3n) is 3.78. The zero-order chi connectivity index (χ0) is 14.8. The Morgan fingerprint density at radius 1 is 1.29 bits per heavy atom. The smallest absolute Gasteiger partial charge is 0.251 e. The summed E-state index contributed by atoms with van der Waals surface area (Å²) in [6, 6.07) is 11.7. The fourth-order valence-corrected chi connectivity index (χ4v) is 2.57. The van der Waals surface area contributed by atoms with Gasteiger partial charge in [0.05, 0.1) is 6.04 Å². The fraction of sp³-hybridized carbons (Fsp3) is 0.235. The largest absolute Gasteiger partial charge is 0.384 e. The Labute approximate surface area is 123 Å². The van der Waals surface area contributed by atoms with Crippen LogP contribution in [0.1, 0.15) is 34.5 Å². The second-order valence-corrected chi connectivity index (χ2v) is 5.30. The molecule has 1 aliphatic heterocycles. The minimum absolute atomic E-state index is 0.150. The highest BCUT2D eigenvalue weighted by atomic mass is 19.1. The van der Waals surface area contributed by atoms with Crippen LogP contribution in [0.4, 0.5) is 10.1 Å². The van der Waals surface area contributed by atoms with Crippen LogP contribution >= 0.6 is 0 Å². The summed E-state index contributed by atoms with van der Waals surface area (Å²) in [4.78, 5) is 12.3.